The van der Waals surface area contributed by atoms with Crippen molar-refractivity contribution in [3.63, 3.8) is 0 Å². The maximum absolute atomic E-state index is 12.3. The topological polar surface area (TPSA) is 68.0 Å². The monoisotopic (exact) mass is 309 g/mol. The number of nitrogens with two attached hydrogens (primary N) is 1. The summed E-state index contributed by atoms with van der Waals surface area (Å²) in [6.45, 7) is 0.697. The molecule has 2 aromatic rings. The van der Waals surface area contributed by atoms with Gasteiger partial charge in [-0.05, 0) is 61.3 Å². The van der Waals surface area contributed by atoms with Gasteiger partial charge < -0.3 is 11.1 Å². The van der Waals surface area contributed by atoms with Crippen molar-refractivity contribution in [3.05, 3.63) is 42.1 Å². The number of nitrogens with one attached hydrogen (secondary N) is 1. The van der Waals surface area contributed by atoms with Crippen molar-refractivity contribution >= 4 is 16.8 Å². The number of carbonyl (C=O) groups is 1. The molecular weight excluding hydrogens is 286 g/mol. The lowest BCUT2D eigenvalue weighted by Gasteiger charge is -2.37. The van der Waals surface area contributed by atoms with E-state index in [0.29, 0.717) is 24.4 Å². The van der Waals surface area contributed by atoms with Gasteiger partial charge in [0.05, 0.1) is 5.52 Å². The van der Waals surface area contributed by atoms with Crippen LogP contribution in [0.3, 0.4) is 0 Å². The van der Waals surface area contributed by atoms with Crippen LogP contribution < -0.4 is 11.1 Å². The number of fused-ring (bicyclic) bond motifs is 2. The highest BCUT2D eigenvalue weighted by molar-refractivity contribution is 5.80. The number of pyridine rings is 1. The second-order valence-electron chi connectivity index (χ2n) is 7.06. The summed E-state index contributed by atoms with van der Waals surface area (Å²) in [6.07, 6.45) is 5.79. The molecule has 4 heteroatoms. The maximum atomic E-state index is 12.3. The zero-order valence-electron chi connectivity index (χ0n) is 13.2. The van der Waals surface area contributed by atoms with E-state index in [1.54, 1.807) is 0 Å². The van der Waals surface area contributed by atoms with Gasteiger partial charge in [-0.2, -0.15) is 0 Å². The molecule has 2 aliphatic rings. The molecule has 2 saturated carbocycles. The van der Waals surface area contributed by atoms with Crippen LogP contribution in [0, 0.1) is 17.8 Å². The highest BCUT2D eigenvalue weighted by atomic mass is 16.1. The third-order valence-electron chi connectivity index (χ3n) is 5.63. The Morgan fingerprint density at radius 1 is 1.26 bits per heavy atom. The molecule has 1 amide bonds. The van der Waals surface area contributed by atoms with Crippen LogP contribution in [0.5, 0.6) is 0 Å². The van der Waals surface area contributed by atoms with Crippen molar-refractivity contribution in [1.82, 2.24) is 10.3 Å². The first-order chi connectivity index (χ1) is 11.2. The fraction of sp³-hybridized carbons (Fsp3) is 0.474. The van der Waals surface area contributed by atoms with E-state index in [9.17, 15) is 4.79 Å². The third-order valence-corrected chi connectivity index (χ3v) is 5.63. The standard InChI is InChI=1S/C19H23N3O/c20-17-11-14-9-15(10-16(14)17)19(23)22-7-5-12-3-4-18-13(8-12)2-1-6-21-18/h1-4,6,8,14-17H,5,7,9-11,20H2,(H,22,23)/t14-,15?,16-,17+/m0/s1. The molecule has 1 heterocycles. The quantitative estimate of drug-likeness (QED) is 0.910. The van der Waals surface area contributed by atoms with Crippen LogP contribution in [-0.4, -0.2) is 23.5 Å². The van der Waals surface area contributed by atoms with Crippen LogP contribution in [0.15, 0.2) is 36.5 Å². The molecule has 3 N–H and O–H groups in total. The van der Waals surface area contributed by atoms with Gasteiger partial charge in [0, 0.05) is 30.1 Å². The molecule has 0 radical (unpaired) electrons. The summed E-state index contributed by atoms with van der Waals surface area (Å²) in [5.74, 6) is 1.70. The van der Waals surface area contributed by atoms with Gasteiger partial charge in [0.25, 0.3) is 0 Å². The average Bonchev–Trinajstić information content (AvgIpc) is 2.92. The van der Waals surface area contributed by atoms with E-state index in [1.165, 1.54) is 5.56 Å². The Labute approximate surface area is 136 Å². The minimum atomic E-state index is 0.180. The van der Waals surface area contributed by atoms with E-state index >= 15 is 0 Å². The van der Waals surface area contributed by atoms with Crippen molar-refractivity contribution in [2.75, 3.05) is 6.54 Å². The molecule has 23 heavy (non-hydrogen) atoms. The summed E-state index contributed by atoms with van der Waals surface area (Å²) in [6, 6.07) is 10.7. The molecule has 1 aromatic heterocycles. The third kappa shape index (κ3) is 2.83. The van der Waals surface area contributed by atoms with Crippen molar-refractivity contribution in [2.24, 2.45) is 23.5 Å². The molecule has 2 fully saturated rings. The summed E-state index contributed by atoms with van der Waals surface area (Å²) in [5, 5.41) is 4.26. The summed E-state index contributed by atoms with van der Waals surface area (Å²) < 4.78 is 0. The van der Waals surface area contributed by atoms with Gasteiger partial charge in [0.1, 0.15) is 0 Å². The number of hydrogen-bond donors (Lipinski definition) is 2. The molecule has 120 valence electrons. The fourth-order valence-electron chi connectivity index (χ4n) is 4.25. The predicted molar refractivity (Wildman–Crippen MR) is 90.8 cm³/mol. The van der Waals surface area contributed by atoms with E-state index in [-0.39, 0.29) is 11.8 Å². The lowest BCUT2D eigenvalue weighted by molar-refractivity contribution is -0.124. The Bertz CT molecular complexity index is 729. The summed E-state index contributed by atoms with van der Waals surface area (Å²) >= 11 is 0. The van der Waals surface area contributed by atoms with Crippen molar-refractivity contribution < 1.29 is 4.79 Å². The molecule has 0 aliphatic heterocycles. The van der Waals surface area contributed by atoms with E-state index < -0.39 is 0 Å². The number of carbonyl (C=O) groups excluding carboxylic acids is 1. The van der Waals surface area contributed by atoms with Gasteiger partial charge in [-0.15, -0.1) is 0 Å². The predicted octanol–water partition coefficient (Wildman–Crippen LogP) is 2.27. The molecular formula is C19H23N3O. The SMILES string of the molecule is N[C@@H]1C[C@@H]2CC(C(=O)NCCc3ccc4ncccc4c3)C[C@@H]21. The Morgan fingerprint density at radius 3 is 3.00 bits per heavy atom. The number of rotatable bonds is 4. The van der Waals surface area contributed by atoms with Gasteiger partial charge in [-0.1, -0.05) is 12.1 Å². The van der Waals surface area contributed by atoms with Gasteiger partial charge >= 0.3 is 0 Å². The first kappa shape index (κ1) is 14.6. The average molecular weight is 309 g/mol. The van der Waals surface area contributed by atoms with E-state index in [0.717, 1.165) is 36.6 Å². The van der Waals surface area contributed by atoms with E-state index in [4.69, 9.17) is 5.73 Å². The second-order valence-corrected chi connectivity index (χ2v) is 7.06. The lowest BCUT2D eigenvalue weighted by atomic mass is 9.72. The molecule has 0 saturated heterocycles. The van der Waals surface area contributed by atoms with Crippen molar-refractivity contribution in [2.45, 2.75) is 31.7 Å². The number of benzene rings is 1. The maximum Gasteiger partial charge on any atom is 0.223 e. The van der Waals surface area contributed by atoms with Crippen LogP contribution in [0.25, 0.3) is 10.9 Å². The first-order valence-corrected chi connectivity index (χ1v) is 8.57. The lowest BCUT2D eigenvalue weighted by Crippen LogP contribution is -2.44. The normalized spacial score (nSPS) is 29.1. The van der Waals surface area contributed by atoms with E-state index in [1.807, 2.05) is 18.3 Å². The van der Waals surface area contributed by atoms with Crippen LogP contribution in [0.2, 0.25) is 0 Å². The molecule has 0 bridgehead atoms. The molecule has 4 nitrogen and oxygen atoms in total. The Kier molecular flexibility index (Phi) is 3.77. The Morgan fingerprint density at radius 2 is 2.17 bits per heavy atom. The number of nitrogens with zero attached hydrogens (tertiary/aromatic N) is 1. The van der Waals surface area contributed by atoms with Crippen LogP contribution in [0.4, 0.5) is 0 Å². The summed E-state index contributed by atoms with van der Waals surface area (Å²) in [5.41, 5.74) is 8.26. The van der Waals surface area contributed by atoms with Crippen LogP contribution in [-0.2, 0) is 11.2 Å². The minimum Gasteiger partial charge on any atom is -0.356 e. The molecule has 2 aliphatic carbocycles. The van der Waals surface area contributed by atoms with Gasteiger partial charge in [-0.3, -0.25) is 9.78 Å². The minimum absolute atomic E-state index is 0.180. The molecule has 0 spiro atoms. The largest absolute Gasteiger partial charge is 0.356 e. The fourth-order valence-corrected chi connectivity index (χ4v) is 4.25. The number of hydrogen-bond acceptors (Lipinski definition) is 3. The van der Waals surface area contributed by atoms with Gasteiger partial charge in [0.15, 0.2) is 0 Å². The highest BCUT2D eigenvalue weighted by Gasteiger charge is 2.47. The molecule has 4 rings (SSSR count). The number of aromatic nitrogens is 1. The Balaban J connectivity index is 1.30. The highest BCUT2D eigenvalue weighted by Crippen LogP contribution is 2.48. The second kappa shape index (κ2) is 5.93. The van der Waals surface area contributed by atoms with E-state index in [2.05, 4.69) is 28.5 Å². The molecule has 1 aromatic carbocycles. The Hall–Kier alpha value is -1.94. The van der Waals surface area contributed by atoms with Crippen LogP contribution >= 0.6 is 0 Å². The van der Waals surface area contributed by atoms with Gasteiger partial charge in [-0.25, -0.2) is 0 Å². The molecule has 4 atom stereocenters. The first-order valence-electron chi connectivity index (χ1n) is 8.57. The van der Waals surface area contributed by atoms with Crippen LogP contribution in [0.1, 0.15) is 24.8 Å². The smallest absolute Gasteiger partial charge is 0.223 e. The summed E-state index contributed by atoms with van der Waals surface area (Å²) in [7, 11) is 0. The zero-order chi connectivity index (χ0) is 15.8. The summed E-state index contributed by atoms with van der Waals surface area (Å²) in [4.78, 5) is 16.6. The van der Waals surface area contributed by atoms with Crippen molar-refractivity contribution in [1.29, 1.82) is 0 Å². The number of amides is 1. The van der Waals surface area contributed by atoms with Crippen molar-refractivity contribution in [3.8, 4) is 0 Å². The zero-order valence-corrected chi connectivity index (χ0v) is 13.2. The van der Waals surface area contributed by atoms with Gasteiger partial charge in [0.2, 0.25) is 5.91 Å². The molecule has 1 unspecified atom stereocenters.